The zero-order valence-electron chi connectivity index (χ0n) is 16.8. The van der Waals surface area contributed by atoms with E-state index in [4.69, 9.17) is 5.14 Å². The van der Waals surface area contributed by atoms with Gasteiger partial charge in [-0.05, 0) is 54.8 Å². The van der Waals surface area contributed by atoms with E-state index >= 15 is 0 Å². The first-order valence-electron chi connectivity index (χ1n) is 9.92. The molecule has 1 aromatic heterocycles. The molecule has 3 aromatic rings. The van der Waals surface area contributed by atoms with Gasteiger partial charge in [0.25, 0.3) is 0 Å². The van der Waals surface area contributed by atoms with Crippen molar-refractivity contribution in [3.8, 4) is 5.69 Å². The van der Waals surface area contributed by atoms with Crippen LogP contribution < -0.4 is 10.5 Å². The van der Waals surface area contributed by atoms with Gasteiger partial charge in [-0.1, -0.05) is 31.6 Å². The van der Waals surface area contributed by atoms with E-state index in [0.29, 0.717) is 29.8 Å². The van der Waals surface area contributed by atoms with Gasteiger partial charge in [0.05, 0.1) is 11.4 Å². The lowest BCUT2D eigenvalue weighted by Gasteiger charge is -2.10. The Hall–Kier alpha value is -3.06. The third-order valence-corrected chi connectivity index (χ3v) is 6.22. The van der Waals surface area contributed by atoms with Crippen LogP contribution in [0.1, 0.15) is 42.9 Å². The van der Waals surface area contributed by atoms with E-state index in [-0.39, 0.29) is 10.6 Å². The molecule has 3 N–H and O–H groups in total. The van der Waals surface area contributed by atoms with Crippen LogP contribution in [0.15, 0.2) is 47.9 Å². The lowest BCUT2D eigenvalue weighted by Crippen LogP contribution is -2.25. The fourth-order valence-electron chi connectivity index (χ4n) is 3.66. The van der Waals surface area contributed by atoms with Crippen molar-refractivity contribution in [1.82, 2.24) is 20.1 Å². The van der Waals surface area contributed by atoms with Gasteiger partial charge in [-0.2, -0.15) is 0 Å². The summed E-state index contributed by atoms with van der Waals surface area (Å²) in [5.74, 6) is 0.0586. The number of nitrogens with two attached hydrogens (primary N) is 1. The lowest BCUT2D eigenvalue weighted by molar-refractivity contribution is 0.512. The summed E-state index contributed by atoms with van der Waals surface area (Å²) in [5, 5.41) is 13.0. The maximum Gasteiger partial charge on any atom is 0.238 e. The van der Waals surface area contributed by atoms with Gasteiger partial charge in [0, 0.05) is 11.6 Å². The van der Waals surface area contributed by atoms with E-state index in [0.717, 1.165) is 24.5 Å². The van der Waals surface area contributed by atoms with Gasteiger partial charge in [0.2, 0.25) is 10.0 Å². The first-order chi connectivity index (χ1) is 14.8. The minimum atomic E-state index is -4.03. The molecule has 160 valence electrons. The van der Waals surface area contributed by atoms with Gasteiger partial charge in [0.1, 0.15) is 11.5 Å². The summed E-state index contributed by atoms with van der Waals surface area (Å²) in [6, 6.07) is 14.8. The number of aromatic nitrogens is 3. The average Bonchev–Trinajstić information content (AvgIpc) is 3.41. The van der Waals surface area contributed by atoms with Crippen molar-refractivity contribution >= 4 is 15.6 Å². The van der Waals surface area contributed by atoms with Crippen LogP contribution in [0.2, 0.25) is 0 Å². The zero-order chi connectivity index (χ0) is 22.0. The number of nitrogens with one attached hydrogen (secondary N) is 1. The number of benzene rings is 1. The first-order valence-corrected chi connectivity index (χ1v) is 11.5. The van der Waals surface area contributed by atoms with E-state index in [1.165, 1.54) is 29.7 Å². The van der Waals surface area contributed by atoms with Crippen LogP contribution in [0.5, 0.6) is 0 Å². The Bertz CT molecular complexity index is 1200. The molecule has 0 radical (unpaired) electrons. The molecule has 0 amide bonds. The second kappa shape index (κ2) is 8.59. The van der Waals surface area contributed by atoms with Crippen LogP contribution >= 0.6 is 0 Å². The molecule has 9 heteroatoms. The van der Waals surface area contributed by atoms with E-state index < -0.39 is 15.8 Å². The van der Waals surface area contributed by atoms with E-state index in [1.807, 2.05) is 0 Å². The number of nitrogens with zero attached hydrogens (tertiary/aromatic N) is 3. The maximum absolute atomic E-state index is 14.9. The van der Waals surface area contributed by atoms with Crippen molar-refractivity contribution in [3.63, 3.8) is 0 Å². The van der Waals surface area contributed by atoms with Crippen molar-refractivity contribution in [2.75, 3.05) is 0 Å². The third-order valence-electron chi connectivity index (χ3n) is 5.31. The van der Waals surface area contributed by atoms with Crippen molar-refractivity contribution in [3.05, 3.63) is 78.1 Å². The molecule has 0 atom stereocenters. The standard InChI is InChI=1S/C22H22FN5O2S/c1-15(16-7-3-2-4-8-16)22-26-21(14-25-17-9-5-6-10-17)27-28(22)20-12-11-18(13-19(20)23)31(24,29)30/h3,7-8,11-13,17,25H,1,5-6,9-10,14H2,(H2,24,29,30). The highest BCUT2D eigenvalue weighted by Crippen LogP contribution is 2.25. The minimum Gasteiger partial charge on any atom is -0.307 e. The summed E-state index contributed by atoms with van der Waals surface area (Å²) in [6.45, 7) is 4.54. The van der Waals surface area contributed by atoms with Crippen LogP contribution in [0.4, 0.5) is 4.39 Å². The molecule has 1 heterocycles. The Morgan fingerprint density at radius 3 is 2.71 bits per heavy atom. The van der Waals surface area contributed by atoms with Crippen LogP contribution in [0.25, 0.3) is 11.3 Å². The van der Waals surface area contributed by atoms with Crippen LogP contribution in [-0.4, -0.2) is 29.2 Å². The summed E-state index contributed by atoms with van der Waals surface area (Å²) in [6.07, 6.45) is 4.62. The quantitative estimate of drug-likeness (QED) is 0.589. The first kappa shape index (κ1) is 21.2. The fourth-order valence-corrected chi connectivity index (χ4v) is 4.18. The van der Waals surface area contributed by atoms with Crippen molar-refractivity contribution in [2.45, 2.75) is 43.2 Å². The fraction of sp³-hybridized carbons (Fsp3) is 0.273. The SMILES string of the molecule is C=C(c1cc#ccc1)c1nc(CNC2CCCC2)nn1-c1ccc(S(N)(=O)=O)cc1F. The van der Waals surface area contributed by atoms with Gasteiger partial charge >= 0.3 is 0 Å². The van der Waals surface area contributed by atoms with Crippen molar-refractivity contribution in [1.29, 1.82) is 0 Å². The van der Waals surface area contributed by atoms with Gasteiger partial charge in [-0.25, -0.2) is 27.6 Å². The Balaban J connectivity index is 1.73. The molecular weight excluding hydrogens is 417 g/mol. The normalized spacial score (nSPS) is 14.5. The lowest BCUT2D eigenvalue weighted by atomic mass is 10.1. The molecule has 1 aliphatic rings. The Kier molecular flexibility index (Phi) is 5.87. The van der Waals surface area contributed by atoms with Gasteiger partial charge in [-0.15, -0.1) is 5.10 Å². The molecule has 0 saturated heterocycles. The van der Waals surface area contributed by atoms with E-state index in [1.54, 1.807) is 18.2 Å². The van der Waals surface area contributed by atoms with E-state index in [2.05, 4.69) is 34.1 Å². The smallest absolute Gasteiger partial charge is 0.238 e. The predicted octanol–water partition coefficient (Wildman–Crippen LogP) is 2.75. The molecular formula is C22H22FN5O2S. The predicted molar refractivity (Wildman–Crippen MR) is 114 cm³/mol. The van der Waals surface area contributed by atoms with E-state index in [9.17, 15) is 12.8 Å². The number of sulfonamides is 1. The van der Waals surface area contributed by atoms with Crippen molar-refractivity contribution in [2.24, 2.45) is 5.14 Å². The molecule has 4 rings (SSSR count). The molecule has 7 nitrogen and oxygen atoms in total. The molecule has 1 fully saturated rings. The van der Waals surface area contributed by atoms with Crippen LogP contribution in [0.3, 0.4) is 0 Å². The van der Waals surface area contributed by atoms with Crippen molar-refractivity contribution < 1.29 is 12.8 Å². The molecule has 0 bridgehead atoms. The Morgan fingerprint density at radius 2 is 2.06 bits per heavy atom. The van der Waals surface area contributed by atoms with Crippen LogP contribution in [-0.2, 0) is 16.6 Å². The van der Waals surface area contributed by atoms with Gasteiger partial charge in [0.15, 0.2) is 11.6 Å². The largest absolute Gasteiger partial charge is 0.307 e. The monoisotopic (exact) mass is 439 g/mol. The number of halogens is 1. The van der Waals surface area contributed by atoms with Gasteiger partial charge < -0.3 is 5.32 Å². The maximum atomic E-state index is 14.9. The molecule has 0 aliphatic heterocycles. The summed E-state index contributed by atoms with van der Waals surface area (Å²) in [7, 11) is -4.03. The summed E-state index contributed by atoms with van der Waals surface area (Å²) in [4.78, 5) is 4.28. The molecule has 1 aliphatic carbocycles. The Morgan fingerprint density at radius 1 is 1.29 bits per heavy atom. The number of primary sulfonamides is 1. The highest BCUT2D eigenvalue weighted by atomic mass is 32.2. The molecule has 0 spiro atoms. The number of hydrogen-bond acceptors (Lipinski definition) is 5. The second-order valence-corrected chi connectivity index (χ2v) is 9.05. The summed E-state index contributed by atoms with van der Waals surface area (Å²) < 4.78 is 39.3. The summed E-state index contributed by atoms with van der Waals surface area (Å²) >= 11 is 0. The number of rotatable bonds is 7. The summed E-state index contributed by atoms with van der Waals surface area (Å²) in [5.41, 5.74) is 1.32. The van der Waals surface area contributed by atoms with Crippen LogP contribution in [0, 0.1) is 17.9 Å². The topological polar surface area (TPSA) is 103 Å². The molecule has 1 saturated carbocycles. The second-order valence-electron chi connectivity index (χ2n) is 7.48. The third kappa shape index (κ3) is 4.66. The molecule has 2 aromatic carbocycles. The minimum absolute atomic E-state index is 0.0506. The zero-order valence-corrected chi connectivity index (χ0v) is 17.6. The van der Waals surface area contributed by atoms with Gasteiger partial charge in [-0.3, -0.25) is 0 Å². The number of hydrogen-bond donors (Lipinski definition) is 2. The molecule has 31 heavy (non-hydrogen) atoms. The molecule has 0 unspecified atom stereocenters. The average molecular weight is 440 g/mol. The Labute approximate surface area is 180 Å². The highest BCUT2D eigenvalue weighted by Gasteiger charge is 2.21. The highest BCUT2D eigenvalue weighted by molar-refractivity contribution is 7.89.